The summed E-state index contributed by atoms with van der Waals surface area (Å²) in [6, 6.07) is 2.20. The Kier molecular flexibility index (Phi) is 10.9. The number of carbonyl (C=O) groups excluding carboxylic acids is 1. The van der Waals surface area contributed by atoms with Gasteiger partial charge in [0, 0.05) is 12.0 Å². The second kappa shape index (κ2) is 12.7. The van der Waals surface area contributed by atoms with Crippen LogP contribution >= 0.6 is 0 Å². The molecule has 0 spiro atoms. The molecule has 1 N–H and O–H groups in total. The van der Waals surface area contributed by atoms with Crippen molar-refractivity contribution in [3.8, 4) is 0 Å². The van der Waals surface area contributed by atoms with E-state index in [4.69, 9.17) is 0 Å². The minimum absolute atomic E-state index is 0.0175. The molecule has 0 aliphatic heterocycles. The van der Waals surface area contributed by atoms with Crippen molar-refractivity contribution < 1.29 is 4.79 Å². The Balaban J connectivity index is 2.24. The number of hydrogen-bond donors (Lipinski definition) is 1. The zero-order valence-corrected chi connectivity index (χ0v) is 17.6. The molecule has 0 unspecified atom stereocenters. The summed E-state index contributed by atoms with van der Waals surface area (Å²) in [7, 11) is 0. The number of benzene rings is 1. The highest BCUT2D eigenvalue weighted by Crippen LogP contribution is 2.19. The van der Waals surface area contributed by atoms with E-state index in [-0.39, 0.29) is 5.91 Å². The fourth-order valence-corrected chi connectivity index (χ4v) is 3.26. The van der Waals surface area contributed by atoms with Crippen molar-refractivity contribution in [1.82, 2.24) is 5.43 Å². The predicted octanol–water partition coefficient (Wildman–Crippen LogP) is 6.29. The minimum atomic E-state index is 0.0175. The molecule has 0 radical (unpaired) electrons. The summed E-state index contributed by atoms with van der Waals surface area (Å²) in [5, 5.41) is 4.18. The van der Waals surface area contributed by atoms with Crippen LogP contribution in [0.25, 0.3) is 0 Å². The third kappa shape index (κ3) is 8.16. The first-order valence-electron chi connectivity index (χ1n) is 10.4. The molecule has 26 heavy (non-hydrogen) atoms. The van der Waals surface area contributed by atoms with E-state index in [0.29, 0.717) is 6.42 Å². The number of unbranched alkanes of at least 4 members (excludes halogenated alkanes) is 8. The van der Waals surface area contributed by atoms with Gasteiger partial charge in [0.1, 0.15) is 0 Å². The largest absolute Gasteiger partial charge is 0.273 e. The van der Waals surface area contributed by atoms with Crippen LogP contribution in [0.15, 0.2) is 11.2 Å². The van der Waals surface area contributed by atoms with Gasteiger partial charge in [-0.05, 0) is 56.4 Å². The molecule has 0 saturated carbocycles. The van der Waals surface area contributed by atoms with Gasteiger partial charge in [0.15, 0.2) is 0 Å². The van der Waals surface area contributed by atoms with Gasteiger partial charge in [0.25, 0.3) is 0 Å². The maximum absolute atomic E-state index is 11.9. The lowest BCUT2D eigenvalue weighted by Gasteiger charge is -2.11. The first kappa shape index (κ1) is 22.4. The van der Waals surface area contributed by atoms with E-state index >= 15 is 0 Å². The molecule has 1 amide bonds. The van der Waals surface area contributed by atoms with Crippen LogP contribution in [0.4, 0.5) is 0 Å². The minimum Gasteiger partial charge on any atom is -0.273 e. The lowest BCUT2D eigenvalue weighted by atomic mass is 9.95. The molecule has 0 saturated heterocycles. The van der Waals surface area contributed by atoms with E-state index in [2.05, 4.69) is 51.2 Å². The third-order valence-electron chi connectivity index (χ3n) is 5.31. The van der Waals surface area contributed by atoms with Crippen molar-refractivity contribution in [2.75, 3.05) is 0 Å². The maximum atomic E-state index is 11.9. The number of nitrogens with zero attached hydrogens (tertiary/aromatic N) is 1. The van der Waals surface area contributed by atoms with Crippen molar-refractivity contribution in [3.63, 3.8) is 0 Å². The van der Waals surface area contributed by atoms with E-state index in [1.807, 2.05) is 0 Å². The number of aryl methyl sites for hydroxylation is 2. The topological polar surface area (TPSA) is 41.5 Å². The monoisotopic (exact) mass is 358 g/mol. The summed E-state index contributed by atoms with van der Waals surface area (Å²) in [4.78, 5) is 11.9. The van der Waals surface area contributed by atoms with E-state index in [1.165, 1.54) is 67.2 Å². The van der Waals surface area contributed by atoms with Crippen LogP contribution in [0.2, 0.25) is 0 Å². The Morgan fingerprint density at radius 3 is 1.92 bits per heavy atom. The summed E-state index contributed by atoms with van der Waals surface area (Å²) in [5.41, 5.74) is 8.77. The molecular formula is C23H38N2O. The molecule has 0 aliphatic carbocycles. The Hall–Kier alpha value is -1.64. The molecule has 1 aromatic rings. The van der Waals surface area contributed by atoms with E-state index in [0.717, 1.165) is 18.4 Å². The van der Waals surface area contributed by atoms with Gasteiger partial charge in [-0.3, -0.25) is 4.79 Å². The zero-order valence-electron chi connectivity index (χ0n) is 17.6. The highest BCUT2D eigenvalue weighted by Gasteiger charge is 2.06. The smallest absolute Gasteiger partial charge is 0.240 e. The van der Waals surface area contributed by atoms with Gasteiger partial charge in [-0.15, -0.1) is 0 Å². The first-order valence-corrected chi connectivity index (χ1v) is 10.4. The molecule has 3 nitrogen and oxygen atoms in total. The Morgan fingerprint density at radius 1 is 0.885 bits per heavy atom. The second-order valence-corrected chi connectivity index (χ2v) is 7.55. The summed E-state index contributed by atoms with van der Waals surface area (Å²) in [6.45, 7) is 10.7. The molecule has 146 valence electrons. The summed E-state index contributed by atoms with van der Waals surface area (Å²) in [6.07, 6.45) is 13.7. The molecule has 1 rings (SSSR count). The molecular weight excluding hydrogens is 320 g/mol. The molecule has 0 atom stereocenters. The summed E-state index contributed by atoms with van der Waals surface area (Å²) in [5.74, 6) is 0.0175. The molecule has 3 heteroatoms. The number of nitrogens with one attached hydrogen (secondary N) is 1. The highest BCUT2D eigenvalue weighted by atomic mass is 16.2. The van der Waals surface area contributed by atoms with E-state index in [9.17, 15) is 4.79 Å². The molecule has 0 bridgehead atoms. The second-order valence-electron chi connectivity index (χ2n) is 7.55. The van der Waals surface area contributed by atoms with Crippen LogP contribution in [-0.2, 0) is 4.79 Å². The Bertz CT molecular complexity index is 564. The quantitative estimate of drug-likeness (QED) is 0.266. The first-order chi connectivity index (χ1) is 12.5. The van der Waals surface area contributed by atoms with Crippen LogP contribution in [0.5, 0.6) is 0 Å². The highest BCUT2D eigenvalue weighted by molar-refractivity contribution is 5.86. The van der Waals surface area contributed by atoms with Crippen LogP contribution in [0.1, 0.15) is 98.9 Å². The number of hydrogen-bond acceptors (Lipinski definition) is 2. The third-order valence-corrected chi connectivity index (χ3v) is 5.31. The van der Waals surface area contributed by atoms with Crippen molar-refractivity contribution >= 4 is 12.1 Å². The molecule has 0 heterocycles. The molecule has 0 aliphatic rings. The average Bonchev–Trinajstić information content (AvgIpc) is 2.61. The van der Waals surface area contributed by atoms with Crippen LogP contribution in [0, 0.1) is 27.7 Å². The fourth-order valence-electron chi connectivity index (χ4n) is 3.26. The van der Waals surface area contributed by atoms with Gasteiger partial charge < -0.3 is 0 Å². The maximum Gasteiger partial charge on any atom is 0.240 e. The molecule has 0 aromatic heterocycles. The summed E-state index contributed by atoms with van der Waals surface area (Å²) < 4.78 is 0. The van der Waals surface area contributed by atoms with Crippen molar-refractivity contribution in [3.05, 3.63) is 33.9 Å². The Labute approximate surface area is 160 Å². The van der Waals surface area contributed by atoms with Crippen molar-refractivity contribution in [2.45, 2.75) is 98.8 Å². The van der Waals surface area contributed by atoms with Gasteiger partial charge in [-0.25, -0.2) is 5.43 Å². The van der Waals surface area contributed by atoms with Crippen LogP contribution < -0.4 is 5.43 Å². The SMILES string of the molecule is CCCCCCCCCCCC(=O)N/N=C/c1c(C)c(C)cc(C)c1C. The predicted molar refractivity (Wildman–Crippen MR) is 113 cm³/mol. The van der Waals surface area contributed by atoms with Crippen LogP contribution in [0.3, 0.4) is 0 Å². The average molecular weight is 359 g/mol. The number of rotatable bonds is 12. The van der Waals surface area contributed by atoms with E-state index in [1.54, 1.807) is 6.21 Å². The number of carbonyl (C=O) groups is 1. The molecule has 1 aromatic carbocycles. The fraction of sp³-hybridized carbons (Fsp3) is 0.652. The van der Waals surface area contributed by atoms with E-state index < -0.39 is 0 Å². The zero-order chi connectivity index (χ0) is 19.4. The van der Waals surface area contributed by atoms with Gasteiger partial charge in [0.05, 0.1) is 6.21 Å². The lowest BCUT2D eigenvalue weighted by Crippen LogP contribution is -2.17. The Morgan fingerprint density at radius 2 is 1.38 bits per heavy atom. The van der Waals surface area contributed by atoms with Gasteiger partial charge >= 0.3 is 0 Å². The van der Waals surface area contributed by atoms with Gasteiger partial charge in [-0.2, -0.15) is 5.10 Å². The van der Waals surface area contributed by atoms with Gasteiger partial charge in [0.2, 0.25) is 5.91 Å². The van der Waals surface area contributed by atoms with Crippen molar-refractivity contribution in [1.29, 1.82) is 0 Å². The lowest BCUT2D eigenvalue weighted by molar-refractivity contribution is -0.121. The summed E-state index contributed by atoms with van der Waals surface area (Å²) >= 11 is 0. The van der Waals surface area contributed by atoms with Gasteiger partial charge in [-0.1, -0.05) is 64.4 Å². The molecule has 0 fully saturated rings. The number of hydrazone groups is 1. The standard InChI is InChI=1S/C23H38N2O/c1-6-7-8-9-10-11-12-13-14-15-23(26)25-24-17-22-20(4)18(2)16-19(3)21(22)5/h16-17H,6-15H2,1-5H3,(H,25,26)/b24-17+. The number of amides is 1. The normalized spacial score (nSPS) is 11.3. The van der Waals surface area contributed by atoms with Crippen molar-refractivity contribution in [2.24, 2.45) is 5.10 Å². The van der Waals surface area contributed by atoms with Crippen LogP contribution in [-0.4, -0.2) is 12.1 Å².